The predicted molar refractivity (Wildman–Crippen MR) is 118 cm³/mol. The highest BCUT2D eigenvalue weighted by molar-refractivity contribution is 5.99. The zero-order valence-corrected chi connectivity index (χ0v) is 18.5. The van der Waals surface area contributed by atoms with Gasteiger partial charge in [-0.1, -0.05) is 12.1 Å². The SMILES string of the molecule is CCOC(=O)c1ccc(-c2cc(C(=O)NC3C4CCC(C4)C3C(=O)O)c(OC)cc2F)cc1. The van der Waals surface area contributed by atoms with E-state index in [-0.39, 0.29) is 35.3 Å². The first-order valence-electron chi connectivity index (χ1n) is 11.0. The Morgan fingerprint density at radius 2 is 1.82 bits per heavy atom. The maximum absolute atomic E-state index is 14.9. The van der Waals surface area contributed by atoms with Crippen molar-refractivity contribution < 1.29 is 33.4 Å². The standard InChI is InChI=1S/C25H26FNO6/c1-3-33-25(31)14-6-4-13(5-7-14)17-11-18(20(32-2)12-19(17)26)23(28)27-22-16-9-8-15(10-16)21(22)24(29)30/h4-7,11-12,15-16,21-22H,3,8-10H2,1-2H3,(H,27,28)(H,29,30). The zero-order valence-electron chi connectivity index (χ0n) is 18.5. The van der Waals surface area contributed by atoms with Crippen LogP contribution < -0.4 is 10.1 Å². The molecular weight excluding hydrogens is 429 g/mol. The van der Waals surface area contributed by atoms with Crippen LogP contribution in [0.25, 0.3) is 11.1 Å². The quantitative estimate of drug-likeness (QED) is 0.614. The molecule has 0 saturated heterocycles. The van der Waals surface area contributed by atoms with Gasteiger partial charge in [0.2, 0.25) is 0 Å². The molecule has 2 fully saturated rings. The second kappa shape index (κ2) is 9.21. The minimum absolute atomic E-state index is 0.0620. The summed E-state index contributed by atoms with van der Waals surface area (Å²) in [5, 5.41) is 12.5. The Bertz CT molecular complexity index is 1080. The number of hydrogen-bond acceptors (Lipinski definition) is 5. The molecule has 0 heterocycles. The second-order valence-corrected chi connectivity index (χ2v) is 8.53. The fraction of sp³-hybridized carbons (Fsp3) is 0.400. The van der Waals surface area contributed by atoms with Gasteiger partial charge in [0.05, 0.1) is 30.8 Å². The summed E-state index contributed by atoms with van der Waals surface area (Å²) in [7, 11) is 1.34. The summed E-state index contributed by atoms with van der Waals surface area (Å²) < 4.78 is 25.1. The number of rotatable bonds is 7. The van der Waals surface area contributed by atoms with E-state index in [0.717, 1.165) is 25.3 Å². The summed E-state index contributed by atoms with van der Waals surface area (Å²) >= 11 is 0. The number of benzene rings is 2. The van der Waals surface area contributed by atoms with Crippen molar-refractivity contribution in [2.45, 2.75) is 32.2 Å². The number of fused-ring (bicyclic) bond motifs is 2. The number of carbonyl (C=O) groups is 3. The van der Waals surface area contributed by atoms with Crippen LogP contribution in [0.15, 0.2) is 36.4 Å². The van der Waals surface area contributed by atoms with Gasteiger partial charge in [-0.05, 0) is 61.8 Å². The number of halogens is 1. The van der Waals surface area contributed by atoms with E-state index in [1.165, 1.54) is 25.3 Å². The minimum atomic E-state index is -0.902. The molecule has 4 rings (SSSR count). The molecule has 2 bridgehead atoms. The van der Waals surface area contributed by atoms with Gasteiger partial charge in [-0.25, -0.2) is 9.18 Å². The van der Waals surface area contributed by atoms with Crippen LogP contribution in [0.5, 0.6) is 5.75 Å². The molecule has 4 atom stereocenters. The molecule has 0 aromatic heterocycles. The van der Waals surface area contributed by atoms with Gasteiger partial charge >= 0.3 is 11.9 Å². The first-order chi connectivity index (χ1) is 15.8. The van der Waals surface area contributed by atoms with Crippen molar-refractivity contribution >= 4 is 17.8 Å². The van der Waals surface area contributed by atoms with Crippen molar-refractivity contribution in [2.75, 3.05) is 13.7 Å². The molecule has 0 radical (unpaired) electrons. The summed E-state index contributed by atoms with van der Waals surface area (Å²) in [4.78, 5) is 36.8. The van der Waals surface area contributed by atoms with Crippen LogP contribution in [0.3, 0.4) is 0 Å². The monoisotopic (exact) mass is 455 g/mol. The predicted octanol–water partition coefficient (Wildman–Crippen LogP) is 3.91. The largest absolute Gasteiger partial charge is 0.496 e. The van der Waals surface area contributed by atoms with Crippen molar-refractivity contribution in [3.63, 3.8) is 0 Å². The van der Waals surface area contributed by atoms with E-state index in [0.29, 0.717) is 11.1 Å². The molecule has 2 aliphatic rings. The van der Waals surface area contributed by atoms with Crippen molar-refractivity contribution in [3.8, 4) is 16.9 Å². The summed E-state index contributed by atoms with van der Waals surface area (Å²) in [6.07, 6.45) is 2.54. The number of nitrogens with one attached hydrogen (secondary N) is 1. The molecule has 0 spiro atoms. The Morgan fingerprint density at radius 3 is 2.45 bits per heavy atom. The van der Waals surface area contributed by atoms with Crippen LogP contribution in [0, 0.1) is 23.6 Å². The maximum Gasteiger partial charge on any atom is 0.338 e. The molecule has 0 aliphatic heterocycles. The smallest absolute Gasteiger partial charge is 0.338 e. The summed E-state index contributed by atoms with van der Waals surface area (Å²) in [5.74, 6) is -2.82. The van der Waals surface area contributed by atoms with Crippen molar-refractivity contribution in [2.24, 2.45) is 17.8 Å². The number of ether oxygens (including phenoxy) is 2. The molecule has 8 heteroatoms. The molecule has 4 unspecified atom stereocenters. The molecule has 2 saturated carbocycles. The Kier molecular flexibility index (Phi) is 6.35. The van der Waals surface area contributed by atoms with Gasteiger partial charge in [0.25, 0.3) is 5.91 Å². The number of methoxy groups -OCH3 is 1. The lowest BCUT2D eigenvalue weighted by Crippen LogP contribution is -2.46. The van der Waals surface area contributed by atoms with E-state index in [1.807, 2.05) is 0 Å². The summed E-state index contributed by atoms with van der Waals surface area (Å²) in [5.41, 5.74) is 1.10. The van der Waals surface area contributed by atoms with Crippen molar-refractivity contribution in [3.05, 3.63) is 53.3 Å². The van der Waals surface area contributed by atoms with Gasteiger partial charge in [0.1, 0.15) is 11.6 Å². The number of carbonyl (C=O) groups excluding carboxylic acids is 2. The summed E-state index contributed by atoms with van der Waals surface area (Å²) in [6.45, 7) is 1.96. The van der Waals surface area contributed by atoms with Crippen LogP contribution in [-0.2, 0) is 9.53 Å². The van der Waals surface area contributed by atoms with Gasteiger partial charge in [-0.2, -0.15) is 0 Å². The number of aliphatic carboxylic acids is 1. The highest BCUT2D eigenvalue weighted by Crippen LogP contribution is 2.48. The molecule has 2 aromatic carbocycles. The van der Waals surface area contributed by atoms with Crippen LogP contribution in [-0.4, -0.2) is 42.7 Å². The van der Waals surface area contributed by atoms with Crippen LogP contribution in [0.4, 0.5) is 4.39 Å². The average molecular weight is 455 g/mol. The van der Waals surface area contributed by atoms with Gasteiger partial charge in [-0.3, -0.25) is 9.59 Å². The van der Waals surface area contributed by atoms with Gasteiger partial charge in [-0.15, -0.1) is 0 Å². The molecule has 2 aromatic rings. The molecule has 174 valence electrons. The van der Waals surface area contributed by atoms with E-state index in [9.17, 15) is 23.9 Å². The Labute approximate surface area is 190 Å². The number of carboxylic acids is 1. The number of amides is 1. The highest BCUT2D eigenvalue weighted by Gasteiger charge is 2.51. The number of esters is 1. The van der Waals surface area contributed by atoms with Crippen molar-refractivity contribution in [1.82, 2.24) is 5.32 Å². The molecular formula is C25H26FNO6. The normalized spacial score (nSPS) is 23.2. The minimum Gasteiger partial charge on any atom is -0.496 e. The number of hydrogen-bond donors (Lipinski definition) is 2. The third kappa shape index (κ3) is 4.29. The third-order valence-corrected chi connectivity index (χ3v) is 6.74. The van der Waals surface area contributed by atoms with E-state index >= 15 is 0 Å². The van der Waals surface area contributed by atoms with Crippen LogP contribution >= 0.6 is 0 Å². The van der Waals surface area contributed by atoms with E-state index < -0.39 is 35.6 Å². The lowest BCUT2D eigenvalue weighted by molar-refractivity contribution is -0.144. The first-order valence-corrected chi connectivity index (χ1v) is 11.0. The van der Waals surface area contributed by atoms with Crippen LogP contribution in [0.1, 0.15) is 46.9 Å². The number of carboxylic acid groups (broad SMARTS) is 1. The zero-order chi connectivity index (χ0) is 23.7. The molecule has 1 amide bonds. The summed E-state index contributed by atoms with van der Waals surface area (Å²) in [6, 6.07) is 8.29. The van der Waals surface area contributed by atoms with E-state index in [1.54, 1.807) is 19.1 Å². The molecule has 7 nitrogen and oxygen atoms in total. The van der Waals surface area contributed by atoms with Gasteiger partial charge in [0.15, 0.2) is 0 Å². The molecule has 2 aliphatic carbocycles. The van der Waals surface area contributed by atoms with E-state index in [4.69, 9.17) is 9.47 Å². The lowest BCUT2D eigenvalue weighted by Gasteiger charge is -2.29. The second-order valence-electron chi connectivity index (χ2n) is 8.53. The topological polar surface area (TPSA) is 102 Å². The third-order valence-electron chi connectivity index (χ3n) is 6.74. The Hall–Kier alpha value is -3.42. The van der Waals surface area contributed by atoms with Gasteiger partial charge < -0.3 is 19.9 Å². The maximum atomic E-state index is 14.9. The first kappa shape index (κ1) is 22.8. The fourth-order valence-electron chi connectivity index (χ4n) is 5.21. The highest BCUT2D eigenvalue weighted by atomic mass is 19.1. The van der Waals surface area contributed by atoms with E-state index in [2.05, 4.69) is 5.32 Å². The van der Waals surface area contributed by atoms with Crippen molar-refractivity contribution in [1.29, 1.82) is 0 Å². The Balaban J connectivity index is 1.62. The van der Waals surface area contributed by atoms with Crippen LogP contribution in [0.2, 0.25) is 0 Å². The fourth-order valence-corrected chi connectivity index (χ4v) is 5.21. The average Bonchev–Trinajstić information content (AvgIpc) is 3.41. The lowest BCUT2D eigenvalue weighted by atomic mass is 9.84. The molecule has 2 N–H and O–H groups in total. The molecule has 33 heavy (non-hydrogen) atoms. The Morgan fingerprint density at radius 1 is 1.12 bits per heavy atom. The van der Waals surface area contributed by atoms with Gasteiger partial charge in [0, 0.05) is 17.7 Å².